The SMILES string of the molecule is CCC(C)N(Cc1ccccc1)C(=O)CCNC(=O)c1ccc(C(C)(C)C)cc1. The first-order valence-corrected chi connectivity index (χ1v) is 10.4. The Hall–Kier alpha value is -2.62. The molecule has 0 saturated heterocycles. The number of hydrogen-bond donors (Lipinski definition) is 1. The molecule has 0 saturated carbocycles. The van der Waals surface area contributed by atoms with Crippen molar-refractivity contribution in [1.29, 1.82) is 0 Å². The van der Waals surface area contributed by atoms with Gasteiger partial charge in [-0.2, -0.15) is 0 Å². The van der Waals surface area contributed by atoms with E-state index in [1.807, 2.05) is 59.5 Å². The van der Waals surface area contributed by atoms with E-state index in [1.54, 1.807) is 0 Å². The number of nitrogens with zero attached hydrogens (tertiary/aromatic N) is 1. The van der Waals surface area contributed by atoms with Crippen molar-refractivity contribution < 1.29 is 9.59 Å². The number of carbonyl (C=O) groups excluding carboxylic acids is 2. The van der Waals surface area contributed by atoms with E-state index >= 15 is 0 Å². The van der Waals surface area contributed by atoms with Crippen molar-refractivity contribution in [2.75, 3.05) is 6.54 Å². The summed E-state index contributed by atoms with van der Waals surface area (Å²) in [5, 5.41) is 2.88. The van der Waals surface area contributed by atoms with Crippen LogP contribution in [0.2, 0.25) is 0 Å². The van der Waals surface area contributed by atoms with Crippen molar-refractivity contribution in [1.82, 2.24) is 10.2 Å². The molecule has 0 aliphatic rings. The molecular formula is C25H34N2O2. The van der Waals surface area contributed by atoms with Crippen LogP contribution in [0.3, 0.4) is 0 Å². The zero-order valence-electron chi connectivity index (χ0n) is 18.4. The fourth-order valence-corrected chi connectivity index (χ4v) is 3.14. The van der Waals surface area contributed by atoms with E-state index in [9.17, 15) is 9.59 Å². The molecule has 2 rings (SSSR count). The summed E-state index contributed by atoms with van der Waals surface area (Å²) in [6, 6.07) is 17.8. The maximum absolute atomic E-state index is 12.8. The Morgan fingerprint density at radius 3 is 2.17 bits per heavy atom. The van der Waals surface area contributed by atoms with Crippen molar-refractivity contribution in [2.45, 2.75) is 65.5 Å². The van der Waals surface area contributed by atoms with Crippen LogP contribution in [0.5, 0.6) is 0 Å². The molecule has 0 aliphatic heterocycles. The minimum atomic E-state index is -0.142. The molecule has 0 aromatic heterocycles. The Kier molecular flexibility index (Phi) is 8.00. The number of rotatable bonds is 8. The average Bonchev–Trinajstić information content (AvgIpc) is 2.71. The molecule has 0 radical (unpaired) electrons. The van der Waals surface area contributed by atoms with Crippen LogP contribution >= 0.6 is 0 Å². The summed E-state index contributed by atoms with van der Waals surface area (Å²) in [5.41, 5.74) is 2.98. The molecule has 2 aromatic carbocycles. The van der Waals surface area contributed by atoms with Gasteiger partial charge >= 0.3 is 0 Å². The second kappa shape index (κ2) is 10.2. The molecule has 2 aromatic rings. The van der Waals surface area contributed by atoms with E-state index in [0.29, 0.717) is 25.1 Å². The van der Waals surface area contributed by atoms with E-state index in [1.165, 1.54) is 5.56 Å². The van der Waals surface area contributed by atoms with Crippen LogP contribution in [0.1, 0.15) is 68.9 Å². The highest BCUT2D eigenvalue weighted by atomic mass is 16.2. The highest BCUT2D eigenvalue weighted by Gasteiger charge is 2.19. The minimum absolute atomic E-state index is 0.0552. The third-order valence-corrected chi connectivity index (χ3v) is 5.28. The zero-order valence-corrected chi connectivity index (χ0v) is 18.4. The monoisotopic (exact) mass is 394 g/mol. The third-order valence-electron chi connectivity index (χ3n) is 5.28. The summed E-state index contributed by atoms with van der Waals surface area (Å²) in [4.78, 5) is 27.1. The molecule has 29 heavy (non-hydrogen) atoms. The van der Waals surface area contributed by atoms with Crippen LogP contribution in [0, 0.1) is 0 Å². The summed E-state index contributed by atoms with van der Waals surface area (Å²) in [7, 11) is 0. The van der Waals surface area contributed by atoms with Crippen LogP contribution in [0.15, 0.2) is 54.6 Å². The molecule has 0 heterocycles. The van der Waals surface area contributed by atoms with Crippen molar-refractivity contribution in [3.8, 4) is 0 Å². The van der Waals surface area contributed by atoms with Crippen LogP contribution in [-0.2, 0) is 16.8 Å². The van der Waals surface area contributed by atoms with Crippen molar-refractivity contribution in [2.24, 2.45) is 0 Å². The maximum atomic E-state index is 12.8. The minimum Gasteiger partial charge on any atom is -0.352 e. The number of hydrogen-bond acceptors (Lipinski definition) is 2. The second-order valence-electron chi connectivity index (χ2n) is 8.60. The molecule has 2 amide bonds. The number of carbonyl (C=O) groups is 2. The first kappa shape index (κ1) is 22.7. The van der Waals surface area contributed by atoms with E-state index in [4.69, 9.17) is 0 Å². The third kappa shape index (κ3) is 6.74. The zero-order chi connectivity index (χ0) is 21.4. The fraction of sp³-hybridized carbons (Fsp3) is 0.440. The van der Waals surface area contributed by atoms with Crippen LogP contribution in [0.4, 0.5) is 0 Å². The van der Waals surface area contributed by atoms with Gasteiger partial charge in [0.2, 0.25) is 5.91 Å². The lowest BCUT2D eigenvalue weighted by molar-refractivity contribution is -0.133. The first-order chi connectivity index (χ1) is 13.7. The first-order valence-electron chi connectivity index (χ1n) is 10.4. The fourth-order valence-electron chi connectivity index (χ4n) is 3.14. The van der Waals surface area contributed by atoms with Crippen LogP contribution < -0.4 is 5.32 Å². The smallest absolute Gasteiger partial charge is 0.251 e. The lowest BCUT2D eigenvalue weighted by Gasteiger charge is -2.29. The summed E-state index contributed by atoms with van der Waals surface area (Å²) < 4.78 is 0. The highest BCUT2D eigenvalue weighted by molar-refractivity contribution is 5.94. The highest BCUT2D eigenvalue weighted by Crippen LogP contribution is 2.22. The van der Waals surface area contributed by atoms with Gasteiger partial charge in [-0.25, -0.2) is 0 Å². The normalized spacial score (nSPS) is 12.3. The van der Waals surface area contributed by atoms with Gasteiger partial charge in [-0.3, -0.25) is 9.59 Å². The number of benzene rings is 2. The molecule has 0 aliphatic carbocycles. The van der Waals surface area contributed by atoms with Gasteiger partial charge in [0.15, 0.2) is 0 Å². The van der Waals surface area contributed by atoms with E-state index in [-0.39, 0.29) is 23.3 Å². The molecule has 0 spiro atoms. The van der Waals surface area contributed by atoms with Gasteiger partial charge in [0.1, 0.15) is 0 Å². The molecule has 4 heteroatoms. The summed E-state index contributed by atoms with van der Waals surface area (Å²) >= 11 is 0. The summed E-state index contributed by atoms with van der Waals surface area (Å²) in [6.07, 6.45) is 1.19. The Morgan fingerprint density at radius 2 is 1.62 bits per heavy atom. The van der Waals surface area contributed by atoms with E-state index < -0.39 is 0 Å². The van der Waals surface area contributed by atoms with Crippen molar-refractivity contribution in [3.63, 3.8) is 0 Å². The van der Waals surface area contributed by atoms with Crippen molar-refractivity contribution in [3.05, 3.63) is 71.3 Å². The predicted molar refractivity (Wildman–Crippen MR) is 119 cm³/mol. The summed E-state index contributed by atoms with van der Waals surface area (Å²) in [6.45, 7) is 11.5. The van der Waals surface area contributed by atoms with Gasteiger partial charge < -0.3 is 10.2 Å². The van der Waals surface area contributed by atoms with Crippen LogP contribution in [-0.4, -0.2) is 29.3 Å². The predicted octanol–water partition coefficient (Wildman–Crippen LogP) is 4.93. The van der Waals surface area contributed by atoms with Gasteiger partial charge in [-0.05, 0) is 42.0 Å². The average molecular weight is 395 g/mol. The Balaban J connectivity index is 1.91. The summed E-state index contributed by atoms with van der Waals surface area (Å²) in [5.74, 6) is -0.0806. The lowest BCUT2D eigenvalue weighted by atomic mass is 9.87. The van der Waals surface area contributed by atoms with Crippen molar-refractivity contribution >= 4 is 11.8 Å². The number of amides is 2. The quantitative estimate of drug-likeness (QED) is 0.690. The molecular weight excluding hydrogens is 360 g/mol. The number of nitrogens with one attached hydrogen (secondary N) is 1. The topological polar surface area (TPSA) is 49.4 Å². The second-order valence-corrected chi connectivity index (χ2v) is 8.60. The van der Waals surface area contributed by atoms with E-state index in [0.717, 1.165) is 12.0 Å². The van der Waals surface area contributed by atoms with Crippen LogP contribution in [0.25, 0.3) is 0 Å². The molecule has 4 nitrogen and oxygen atoms in total. The largest absolute Gasteiger partial charge is 0.352 e. The van der Waals surface area contributed by atoms with Gasteiger partial charge in [-0.15, -0.1) is 0 Å². The Morgan fingerprint density at radius 1 is 1.00 bits per heavy atom. The molecule has 1 unspecified atom stereocenters. The molecule has 0 bridgehead atoms. The Bertz CT molecular complexity index is 792. The van der Waals surface area contributed by atoms with Gasteiger partial charge in [0.05, 0.1) is 0 Å². The molecule has 1 N–H and O–H groups in total. The maximum Gasteiger partial charge on any atom is 0.251 e. The molecule has 0 fully saturated rings. The van der Waals surface area contributed by atoms with Gasteiger partial charge in [0.25, 0.3) is 5.91 Å². The molecule has 156 valence electrons. The van der Waals surface area contributed by atoms with Gasteiger partial charge in [-0.1, -0.05) is 70.2 Å². The van der Waals surface area contributed by atoms with Gasteiger partial charge in [0, 0.05) is 31.1 Å². The van der Waals surface area contributed by atoms with E-state index in [2.05, 4.69) is 39.9 Å². The standard InChI is InChI=1S/C25H34N2O2/c1-6-19(2)27(18-20-10-8-7-9-11-20)23(28)16-17-26-24(29)21-12-14-22(15-13-21)25(3,4)5/h7-15,19H,6,16-18H2,1-5H3,(H,26,29). The lowest BCUT2D eigenvalue weighted by Crippen LogP contribution is -2.39. The Labute approximate surface area is 175 Å². The molecule has 1 atom stereocenters.